The zero-order chi connectivity index (χ0) is 18.4. The second-order valence-corrected chi connectivity index (χ2v) is 4.74. The molecule has 0 amide bonds. The Morgan fingerprint density at radius 3 is 2.52 bits per heavy atom. The topological polar surface area (TPSA) is 57.7 Å². The molecule has 0 aliphatic rings. The molecule has 0 aliphatic carbocycles. The van der Waals surface area contributed by atoms with Crippen LogP contribution >= 0.6 is 0 Å². The van der Waals surface area contributed by atoms with Crippen LogP contribution in [0.4, 0.5) is 13.2 Å². The summed E-state index contributed by atoms with van der Waals surface area (Å²) in [7, 11) is 2.55. The molecule has 132 valence electrons. The Hall–Kier alpha value is -3.03. The molecule has 2 rings (SSSR count). The number of alkyl halides is 3. The predicted octanol–water partition coefficient (Wildman–Crippen LogP) is 4.05. The number of hydrogen-bond donors (Lipinski definition) is 0. The minimum absolute atomic E-state index is 0.0487. The van der Waals surface area contributed by atoms with E-state index in [0.29, 0.717) is 0 Å². The van der Waals surface area contributed by atoms with Crippen molar-refractivity contribution >= 4 is 11.5 Å². The summed E-state index contributed by atoms with van der Waals surface area (Å²) in [5.74, 6) is -0.818. The van der Waals surface area contributed by atoms with Crippen LogP contribution in [0, 0.1) is 0 Å². The Morgan fingerprint density at radius 2 is 1.88 bits per heavy atom. The molecule has 0 N–H and O–H groups in total. The Morgan fingerprint density at radius 1 is 1.16 bits per heavy atom. The van der Waals surface area contributed by atoms with Crippen molar-refractivity contribution in [1.82, 2.24) is 4.98 Å². The maximum Gasteiger partial charge on any atom is 0.416 e. The SMILES string of the molecule is CO/C=C(\C(=O)OC)c1ccccc1Oc1cc(C(F)(F)F)ccn1. The Bertz CT molecular complexity index is 787. The van der Waals surface area contributed by atoms with Gasteiger partial charge in [-0.3, -0.25) is 0 Å². The third-order valence-corrected chi connectivity index (χ3v) is 3.09. The van der Waals surface area contributed by atoms with E-state index in [1.807, 2.05) is 0 Å². The van der Waals surface area contributed by atoms with Gasteiger partial charge in [-0.25, -0.2) is 9.78 Å². The predicted molar refractivity (Wildman–Crippen MR) is 82.8 cm³/mol. The lowest BCUT2D eigenvalue weighted by molar-refractivity contribution is -0.137. The number of para-hydroxylation sites is 1. The number of methoxy groups -OCH3 is 2. The zero-order valence-corrected chi connectivity index (χ0v) is 13.3. The Labute approximate surface area is 141 Å². The standard InChI is InChI=1S/C17H14F3NO4/c1-23-10-13(16(22)24-2)12-5-3-4-6-14(12)25-15-9-11(7-8-21-15)17(18,19)20/h3-10H,1-2H3/b13-10-. The van der Waals surface area contributed by atoms with Crippen LogP contribution in [0.2, 0.25) is 0 Å². The molecule has 0 fully saturated rings. The van der Waals surface area contributed by atoms with E-state index in [-0.39, 0.29) is 22.8 Å². The fraction of sp³-hybridized carbons (Fsp3) is 0.176. The van der Waals surface area contributed by atoms with Gasteiger partial charge in [0.05, 0.1) is 26.0 Å². The van der Waals surface area contributed by atoms with Gasteiger partial charge in [0.2, 0.25) is 5.88 Å². The summed E-state index contributed by atoms with van der Waals surface area (Å²) in [6, 6.07) is 7.88. The van der Waals surface area contributed by atoms with Crippen LogP contribution in [0.25, 0.3) is 5.57 Å². The van der Waals surface area contributed by atoms with E-state index in [1.54, 1.807) is 18.2 Å². The van der Waals surface area contributed by atoms with E-state index in [9.17, 15) is 18.0 Å². The summed E-state index contributed by atoms with van der Waals surface area (Å²) in [5, 5.41) is 0. The van der Waals surface area contributed by atoms with E-state index in [1.165, 1.54) is 20.3 Å². The lowest BCUT2D eigenvalue weighted by Gasteiger charge is -2.13. The molecule has 1 aromatic carbocycles. The fourth-order valence-electron chi connectivity index (χ4n) is 1.98. The van der Waals surface area contributed by atoms with Crippen LogP contribution < -0.4 is 4.74 Å². The first kappa shape index (κ1) is 18.3. The number of esters is 1. The van der Waals surface area contributed by atoms with Crippen LogP contribution in [0.3, 0.4) is 0 Å². The summed E-state index contributed by atoms with van der Waals surface area (Å²) in [6.45, 7) is 0. The van der Waals surface area contributed by atoms with Crippen molar-refractivity contribution in [3.8, 4) is 11.6 Å². The van der Waals surface area contributed by atoms with Crippen molar-refractivity contribution in [3.63, 3.8) is 0 Å². The molecule has 0 bridgehead atoms. The molecule has 0 atom stereocenters. The maximum atomic E-state index is 12.8. The van der Waals surface area contributed by atoms with E-state index in [0.717, 1.165) is 24.6 Å². The van der Waals surface area contributed by atoms with Gasteiger partial charge >= 0.3 is 12.1 Å². The maximum absolute atomic E-state index is 12.8. The molecule has 0 saturated heterocycles. The second kappa shape index (κ2) is 7.69. The number of ether oxygens (including phenoxy) is 3. The largest absolute Gasteiger partial charge is 0.503 e. The monoisotopic (exact) mass is 353 g/mol. The molecule has 25 heavy (non-hydrogen) atoms. The highest BCUT2D eigenvalue weighted by molar-refractivity contribution is 6.17. The highest BCUT2D eigenvalue weighted by atomic mass is 19.4. The van der Waals surface area contributed by atoms with Gasteiger partial charge in [-0.2, -0.15) is 13.2 Å². The van der Waals surface area contributed by atoms with Crippen LogP contribution in [0.15, 0.2) is 48.9 Å². The first-order valence-electron chi connectivity index (χ1n) is 6.98. The van der Waals surface area contributed by atoms with Gasteiger partial charge in [0.1, 0.15) is 11.3 Å². The number of halogens is 3. The minimum Gasteiger partial charge on any atom is -0.503 e. The van der Waals surface area contributed by atoms with Gasteiger partial charge in [0.25, 0.3) is 0 Å². The number of hydrogen-bond acceptors (Lipinski definition) is 5. The quantitative estimate of drug-likeness (QED) is 0.461. The summed E-state index contributed by atoms with van der Waals surface area (Å²) in [4.78, 5) is 15.7. The number of aromatic nitrogens is 1. The van der Waals surface area contributed by atoms with Crippen LogP contribution in [-0.4, -0.2) is 25.2 Å². The molecule has 5 nitrogen and oxygen atoms in total. The molecular formula is C17H14F3NO4. The van der Waals surface area contributed by atoms with Crippen molar-refractivity contribution < 1.29 is 32.2 Å². The summed E-state index contributed by atoms with van der Waals surface area (Å²) in [6.07, 6.45) is -2.37. The van der Waals surface area contributed by atoms with Crippen molar-refractivity contribution in [2.24, 2.45) is 0 Å². The molecule has 0 unspecified atom stereocenters. The lowest BCUT2D eigenvalue weighted by atomic mass is 10.1. The summed E-state index contributed by atoms with van der Waals surface area (Å²) >= 11 is 0. The van der Waals surface area contributed by atoms with Gasteiger partial charge in [-0.05, 0) is 12.1 Å². The molecule has 0 radical (unpaired) electrons. The molecule has 0 aliphatic heterocycles. The van der Waals surface area contributed by atoms with Gasteiger partial charge < -0.3 is 14.2 Å². The van der Waals surface area contributed by atoms with Gasteiger partial charge in [0, 0.05) is 17.8 Å². The fourth-order valence-corrected chi connectivity index (χ4v) is 1.98. The first-order chi connectivity index (χ1) is 11.9. The minimum atomic E-state index is -4.52. The molecular weight excluding hydrogens is 339 g/mol. The van der Waals surface area contributed by atoms with E-state index < -0.39 is 17.7 Å². The van der Waals surface area contributed by atoms with E-state index in [2.05, 4.69) is 9.72 Å². The highest BCUT2D eigenvalue weighted by Gasteiger charge is 2.31. The third kappa shape index (κ3) is 4.50. The summed E-state index contributed by atoms with van der Waals surface area (Å²) in [5.41, 5.74) is -0.557. The average molecular weight is 353 g/mol. The number of nitrogens with zero attached hydrogens (tertiary/aromatic N) is 1. The van der Waals surface area contributed by atoms with E-state index >= 15 is 0 Å². The number of pyridine rings is 1. The Kier molecular flexibility index (Phi) is 5.63. The van der Waals surface area contributed by atoms with Crippen molar-refractivity contribution in [3.05, 3.63) is 60.0 Å². The van der Waals surface area contributed by atoms with Gasteiger partial charge in [-0.15, -0.1) is 0 Å². The molecule has 0 spiro atoms. The lowest BCUT2D eigenvalue weighted by Crippen LogP contribution is -2.07. The zero-order valence-electron chi connectivity index (χ0n) is 13.3. The van der Waals surface area contributed by atoms with E-state index in [4.69, 9.17) is 9.47 Å². The van der Waals surface area contributed by atoms with Crippen molar-refractivity contribution in [2.45, 2.75) is 6.18 Å². The van der Waals surface area contributed by atoms with Gasteiger partial charge in [0.15, 0.2) is 0 Å². The number of rotatable bonds is 5. The molecule has 0 saturated carbocycles. The average Bonchev–Trinajstić information content (AvgIpc) is 2.59. The van der Waals surface area contributed by atoms with Crippen LogP contribution in [0.5, 0.6) is 11.6 Å². The number of carbonyl (C=O) groups is 1. The number of carbonyl (C=O) groups excluding carboxylic acids is 1. The molecule has 1 heterocycles. The molecule has 1 aromatic heterocycles. The molecule has 2 aromatic rings. The highest BCUT2D eigenvalue weighted by Crippen LogP contribution is 2.34. The Balaban J connectivity index is 2.42. The van der Waals surface area contributed by atoms with Crippen LogP contribution in [-0.2, 0) is 20.4 Å². The molecule has 8 heteroatoms. The normalized spacial score (nSPS) is 11.8. The number of benzene rings is 1. The van der Waals surface area contributed by atoms with Crippen LogP contribution in [0.1, 0.15) is 11.1 Å². The van der Waals surface area contributed by atoms with Crippen molar-refractivity contribution in [1.29, 1.82) is 0 Å². The van der Waals surface area contributed by atoms with Gasteiger partial charge in [-0.1, -0.05) is 18.2 Å². The second-order valence-electron chi connectivity index (χ2n) is 4.74. The third-order valence-electron chi connectivity index (χ3n) is 3.09. The first-order valence-corrected chi connectivity index (χ1v) is 6.98. The van der Waals surface area contributed by atoms with Crippen molar-refractivity contribution in [2.75, 3.05) is 14.2 Å². The smallest absolute Gasteiger partial charge is 0.416 e. The summed E-state index contributed by atoms with van der Waals surface area (Å²) < 4.78 is 53.4.